The van der Waals surface area contributed by atoms with Crippen LogP contribution < -0.4 is 5.32 Å². The van der Waals surface area contributed by atoms with Crippen molar-refractivity contribution in [1.29, 1.82) is 0 Å². The van der Waals surface area contributed by atoms with Crippen LogP contribution in [0.25, 0.3) is 0 Å². The second kappa shape index (κ2) is 4.81. The molecule has 1 saturated heterocycles. The number of aliphatic hydroxyl groups is 1. The van der Waals surface area contributed by atoms with Gasteiger partial charge >= 0.3 is 0 Å². The molecule has 8 nitrogen and oxygen atoms in total. The van der Waals surface area contributed by atoms with Gasteiger partial charge in [0.25, 0.3) is 11.6 Å². The average Bonchev–Trinajstić information content (AvgIpc) is 2.76. The maximum Gasteiger partial charge on any atom is 0.275 e. The van der Waals surface area contributed by atoms with Gasteiger partial charge in [-0.25, -0.2) is 0 Å². The second-order valence-corrected chi connectivity index (χ2v) is 5.11. The molecule has 1 aromatic carbocycles. The van der Waals surface area contributed by atoms with Crippen LogP contribution in [0, 0.1) is 10.1 Å². The first-order chi connectivity index (χ1) is 9.99. The van der Waals surface area contributed by atoms with Crippen molar-refractivity contribution in [2.45, 2.75) is 31.7 Å². The molecule has 2 aliphatic heterocycles. The molecule has 3 rings (SSSR count). The topological polar surface area (TPSA) is 113 Å². The minimum atomic E-state index is -1.15. The van der Waals surface area contributed by atoms with Crippen molar-refractivity contribution in [3.63, 3.8) is 0 Å². The van der Waals surface area contributed by atoms with Crippen LogP contribution in [0.3, 0.4) is 0 Å². The molecule has 2 N–H and O–H groups in total. The highest BCUT2D eigenvalue weighted by Gasteiger charge is 2.41. The Kier molecular flexibility index (Phi) is 3.09. The molecule has 0 saturated carbocycles. The highest BCUT2D eigenvalue weighted by molar-refractivity contribution is 5.99. The molecule has 2 aliphatic rings. The summed E-state index contributed by atoms with van der Waals surface area (Å²) < 4.78 is 0. The molecule has 2 amide bonds. The Bertz CT molecular complexity index is 645. The zero-order valence-electron chi connectivity index (χ0n) is 11.0. The molecule has 0 aromatic heterocycles. The van der Waals surface area contributed by atoms with Gasteiger partial charge in [-0.2, -0.15) is 0 Å². The number of rotatable bonds is 2. The summed E-state index contributed by atoms with van der Waals surface area (Å²) >= 11 is 0. The normalized spacial score (nSPS) is 24.7. The number of hydrogen-bond acceptors (Lipinski definition) is 5. The first-order valence-electron chi connectivity index (χ1n) is 6.53. The highest BCUT2D eigenvalue weighted by atomic mass is 16.6. The van der Waals surface area contributed by atoms with E-state index in [0.717, 1.165) is 0 Å². The number of nitro groups is 1. The number of hydrogen-bond donors (Lipinski definition) is 2. The summed E-state index contributed by atoms with van der Waals surface area (Å²) in [5.41, 5.74) is 0.544. The van der Waals surface area contributed by atoms with Crippen molar-refractivity contribution >= 4 is 17.5 Å². The van der Waals surface area contributed by atoms with Gasteiger partial charge < -0.3 is 15.3 Å². The maximum absolute atomic E-state index is 12.4. The third-order valence-corrected chi connectivity index (χ3v) is 3.91. The number of fused-ring (bicyclic) bond motifs is 1. The van der Waals surface area contributed by atoms with E-state index in [1.165, 1.54) is 17.0 Å². The summed E-state index contributed by atoms with van der Waals surface area (Å²) in [7, 11) is 0. The predicted molar refractivity (Wildman–Crippen MR) is 70.1 cm³/mol. The van der Waals surface area contributed by atoms with Crippen molar-refractivity contribution in [2.24, 2.45) is 0 Å². The van der Waals surface area contributed by atoms with E-state index in [1.54, 1.807) is 6.07 Å². The van der Waals surface area contributed by atoms with Crippen LogP contribution in [-0.4, -0.2) is 39.0 Å². The number of nitrogens with zero attached hydrogens (tertiary/aromatic N) is 2. The Morgan fingerprint density at radius 1 is 1.38 bits per heavy atom. The lowest BCUT2D eigenvalue weighted by atomic mass is 10.0. The van der Waals surface area contributed by atoms with E-state index in [2.05, 4.69) is 5.32 Å². The minimum absolute atomic E-state index is 0.0723. The molecule has 2 atom stereocenters. The lowest BCUT2D eigenvalue weighted by Gasteiger charge is -2.35. The molecule has 0 radical (unpaired) electrons. The summed E-state index contributed by atoms with van der Waals surface area (Å²) in [6.45, 7) is 0.0723. The Morgan fingerprint density at radius 3 is 2.81 bits per heavy atom. The summed E-state index contributed by atoms with van der Waals surface area (Å²) in [5.74, 6) is -0.622. The van der Waals surface area contributed by atoms with Crippen LogP contribution in [0.15, 0.2) is 18.2 Å². The highest BCUT2D eigenvalue weighted by Crippen LogP contribution is 2.33. The van der Waals surface area contributed by atoms with Crippen LogP contribution in [0.1, 0.15) is 28.8 Å². The molecule has 2 heterocycles. The number of nitro benzene ring substituents is 1. The fourth-order valence-electron chi connectivity index (χ4n) is 2.87. The minimum Gasteiger partial charge on any atom is -0.372 e. The Hall–Kier alpha value is -2.48. The van der Waals surface area contributed by atoms with E-state index in [0.29, 0.717) is 12.0 Å². The monoisotopic (exact) mass is 291 g/mol. The number of carbonyl (C=O) groups is 2. The van der Waals surface area contributed by atoms with Gasteiger partial charge in [-0.05, 0) is 12.5 Å². The van der Waals surface area contributed by atoms with Crippen LogP contribution in [-0.2, 0) is 11.3 Å². The van der Waals surface area contributed by atoms with E-state index in [4.69, 9.17) is 0 Å². The van der Waals surface area contributed by atoms with Gasteiger partial charge in [0, 0.05) is 12.5 Å². The van der Waals surface area contributed by atoms with Crippen LogP contribution in [0.4, 0.5) is 5.69 Å². The number of piperidine rings is 1. The zero-order valence-corrected chi connectivity index (χ0v) is 11.0. The van der Waals surface area contributed by atoms with Crippen LogP contribution >= 0.6 is 0 Å². The Balaban J connectivity index is 1.92. The molecule has 0 aliphatic carbocycles. The fraction of sp³-hybridized carbons (Fsp3) is 0.385. The van der Waals surface area contributed by atoms with Crippen LogP contribution in [0.2, 0.25) is 0 Å². The largest absolute Gasteiger partial charge is 0.372 e. The zero-order chi connectivity index (χ0) is 15.1. The first-order valence-corrected chi connectivity index (χ1v) is 6.53. The van der Waals surface area contributed by atoms with Gasteiger partial charge in [0.05, 0.1) is 28.6 Å². The number of benzene rings is 1. The third kappa shape index (κ3) is 2.13. The number of carbonyl (C=O) groups excluding carboxylic acids is 2. The quantitative estimate of drug-likeness (QED) is 0.594. The molecule has 2 unspecified atom stereocenters. The smallest absolute Gasteiger partial charge is 0.275 e. The van der Waals surface area contributed by atoms with Gasteiger partial charge in [-0.3, -0.25) is 19.7 Å². The van der Waals surface area contributed by atoms with Crippen LogP contribution in [0.5, 0.6) is 0 Å². The fourth-order valence-corrected chi connectivity index (χ4v) is 2.87. The SMILES string of the molecule is O=C1CCC(N2Cc3c(cccc3[N+](=O)[O-])C2=O)C(O)N1. The Morgan fingerprint density at radius 2 is 2.14 bits per heavy atom. The summed E-state index contributed by atoms with van der Waals surface area (Å²) in [6, 6.07) is 3.80. The molecule has 0 bridgehead atoms. The van der Waals surface area contributed by atoms with Crippen molar-refractivity contribution in [3.8, 4) is 0 Å². The number of nitrogens with one attached hydrogen (secondary N) is 1. The van der Waals surface area contributed by atoms with Gasteiger partial charge in [-0.1, -0.05) is 6.07 Å². The maximum atomic E-state index is 12.4. The standard InChI is InChI=1S/C13H13N3O5/c17-11-5-4-10(12(18)14-11)15-6-8-7(13(15)19)2-1-3-9(8)16(20)21/h1-3,10,12,18H,4-6H2,(H,14,17). The molecule has 0 spiro atoms. The number of amides is 2. The summed E-state index contributed by atoms with van der Waals surface area (Å²) in [6.07, 6.45) is -0.603. The van der Waals surface area contributed by atoms with E-state index in [1.807, 2.05) is 0 Å². The Labute approximate surface area is 119 Å². The van der Waals surface area contributed by atoms with Gasteiger partial charge in [0.1, 0.15) is 6.23 Å². The molecule has 1 aromatic rings. The van der Waals surface area contributed by atoms with Gasteiger partial charge in [-0.15, -0.1) is 0 Å². The first kappa shape index (κ1) is 13.5. The molecule has 21 heavy (non-hydrogen) atoms. The van der Waals surface area contributed by atoms with Crippen molar-refractivity contribution in [3.05, 3.63) is 39.4 Å². The third-order valence-electron chi connectivity index (χ3n) is 3.91. The summed E-state index contributed by atoms with van der Waals surface area (Å²) in [5, 5.41) is 23.3. The summed E-state index contributed by atoms with van der Waals surface area (Å²) in [4.78, 5) is 35.5. The van der Waals surface area contributed by atoms with E-state index < -0.39 is 17.2 Å². The average molecular weight is 291 g/mol. The van der Waals surface area contributed by atoms with Gasteiger partial charge in [0.2, 0.25) is 5.91 Å². The van der Waals surface area contributed by atoms with E-state index in [9.17, 15) is 24.8 Å². The second-order valence-electron chi connectivity index (χ2n) is 5.11. The molecular formula is C13H13N3O5. The molecule has 8 heteroatoms. The van der Waals surface area contributed by atoms with Gasteiger partial charge in [0.15, 0.2) is 0 Å². The van der Waals surface area contributed by atoms with Crippen molar-refractivity contribution in [1.82, 2.24) is 10.2 Å². The van der Waals surface area contributed by atoms with E-state index in [-0.39, 0.29) is 36.0 Å². The van der Waals surface area contributed by atoms with Crippen molar-refractivity contribution < 1.29 is 19.6 Å². The lowest BCUT2D eigenvalue weighted by Crippen LogP contribution is -2.55. The molecular weight excluding hydrogens is 278 g/mol. The van der Waals surface area contributed by atoms with Crippen molar-refractivity contribution in [2.75, 3.05) is 0 Å². The van der Waals surface area contributed by atoms with E-state index >= 15 is 0 Å². The lowest BCUT2D eigenvalue weighted by molar-refractivity contribution is -0.385. The molecule has 110 valence electrons. The molecule has 1 fully saturated rings. The predicted octanol–water partition coefficient (Wildman–Crippen LogP) is 0.148. The number of aliphatic hydroxyl groups excluding tert-OH is 1.